The van der Waals surface area contributed by atoms with Crippen molar-refractivity contribution in [1.82, 2.24) is 4.90 Å². The zero-order valence-corrected chi connectivity index (χ0v) is 19.2. The van der Waals surface area contributed by atoms with Crippen molar-refractivity contribution < 1.29 is 12.6 Å². The lowest BCUT2D eigenvalue weighted by atomic mass is 9.88. The summed E-state index contributed by atoms with van der Waals surface area (Å²) in [6.45, 7) is 8.62. The Labute approximate surface area is 177 Å². The minimum absolute atomic E-state index is 0.299. The average molecular weight is 418 g/mol. The van der Waals surface area contributed by atoms with Crippen molar-refractivity contribution in [2.75, 3.05) is 20.1 Å². The molecule has 0 heterocycles. The second-order valence-corrected chi connectivity index (χ2v) is 10.4. The number of hydrogen-bond acceptors (Lipinski definition) is 4. The highest BCUT2D eigenvalue weighted by Crippen LogP contribution is 2.28. The molecule has 0 spiro atoms. The monoisotopic (exact) mass is 417 g/mol. The van der Waals surface area contributed by atoms with E-state index in [4.69, 9.17) is 4.18 Å². The van der Waals surface area contributed by atoms with Crippen molar-refractivity contribution in [2.45, 2.75) is 57.3 Å². The Morgan fingerprint density at radius 1 is 0.966 bits per heavy atom. The van der Waals surface area contributed by atoms with Crippen LogP contribution in [-0.2, 0) is 14.3 Å². The van der Waals surface area contributed by atoms with Gasteiger partial charge in [0.25, 0.3) is 10.1 Å². The van der Waals surface area contributed by atoms with E-state index in [0.29, 0.717) is 18.9 Å². The quantitative estimate of drug-likeness (QED) is 0.479. The number of benzene rings is 2. The van der Waals surface area contributed by atoms with Crippen molar-refractivity contribution in [2.24, 2.45) is 0 Å². The molecule has 2 aromatic rings. The van der Waals surface area contributed by atoms with Crippen molar-refractivity contribution in [3.05, 3.63) is 71.8 Å². The smallest absolute Gasteiger partial charge is 0.270 e. The van der Waals surface area contributed by atoms with E-state index in [9.17, 15) is 8.42 Å². The molecule has 0 amide bonds. The first-order valence-electron chi connectivity index (χ1n) is 10.4. The minimum atomic E-state index is -3.56. The van der Waals surface area contributed by atoms with Crippen LogP contribution in [0, 0.1) is 0 Å². The second kappa shape index (κ2) is 10.4. The van der Waals surface area contributed by atoms with E-state index < -0.39 is 21.0 Å². The molecule has 0 saturated heterocycles. The molecule has 1 unspecified atom stereocenters. The third-order valence-corrected chi connectivity index (χ3v) is 7.27. The fraction of sp³-hybridized carbons (Fsp3) is 0.500. The van der Waals surface area contributed by atoms with Gasteiger partial charge in [-0.05, 0) is 58.3 Å². The topological polar surface area (TPSA) is 46.6 Å². The SMILES string of the molecule is CCC(C)S(=O)(=O)OC(C)(C)CN(C)CCC(c1ccccc1)c1ccccc1. The maximum atomic E-state index is 12.4. The van der Waals surface area contributed by atoms with Crippen molar-refractivity contribution in [1.29, 1.82) is 0 Å². The first-order chi connectivity index (χ1) is 13.6. The van der Waals surface area contributed by atoms with E-state index >= 15 is 0 Å². The zero-order valence-electron chi connectivity index (χ0n) is 18.3. The van der Waals surface area contributed by atoms with Crippen LogP contribution in [0.1, 0.15) is 57.6 Å². The van der Waals surface area contributed by atoms with E-state index in [0.717, 1.165) is 13.0 Å². The molecule has 4 nitrogen and oxygen atoms in total. The molecular formula is C24H35NO3S. The van der Waals surface area contributed by atoms with E-state index in [1.807, 2.05) is 40.0 Å². The maximum absolute atomic E-state index is 12.4. The molecule has 160 valence electrons. The first kappa shape index (κ1) is 23.6. The van der Waals surface area contributed by atoms with Crippen LogP contribution in [-0.4, -0.2) is 44.3 Å². The van der Waals surface area contributed by atoms with Crippen LogP contribution < -0.4 is 0 Å². The van der Waals surface area contributed by atoms with Crippen LogP contribution >= 0.6 is 0 Å². The van der Waals surface area contributed by atoms with Gasteiger partial charge < -0.3 is 4.90 Å². The summed E-state index contributed by atoms with van der Waals surface area (Å²) in [6.07, 6.45) is 1.49. The van der Waals surface area contributed by atoms with Crippen LogP contribution in [0.15, 0.2) is 60.7 Å². The number of nitrogens with zero attached hydrogens (tertiary/aromatic N) is 1. The van der Waals surface area contributed by atoms with Gasteiger partial charge in [-0.25, -0.2) is 0 Å². The van der Waals surface area contributed by atoms with Gasteiger partial charge in [0.05, 0.1) is 10.9 Å². The lowest BCUT2D eigenvalue weighted by Gasteiger charge is -2.31. The summed E-state index contributed by atoms with van der Waals surface area (Å²) in [5, 5.41) is -0.493. The Morgan fingerprint density at radius 3 is 1.90 bits per heavy atom. The Kier molecular flexibility index (Phi) is 8.44. The molecule has 0 fully saturated rings. The third-order valence-electron chi connectivity index (χ3n) is 5.26. The Morgan fingerprint density at radius 2 is 1.45 bits per heavy atom. The molecule has 0 aliphatic heterocycles. The van der Waals surface area contributed by atoms with E-state index in [-0.39, 0.29) is 0 Å². The molecule has 0 N–H and O–H groups in total. The van der Waals surface area contributed by atoms with E-state index in [1.165, 1.54) is 11.1 Å². The van der Waals surface area contributed by atoms with Crippen molar-refractivity contribution in [3.63, 3.8) is 0 Å². The van der Waals surface area contributed by atoms with Crippen LogP contribution in [0.4, 0.5) is 0 Å². The Bertz CT molecular complexity index is 795. The van der Waals surface area contributed by atoms with Gasteiger partial charge in [0.1, 0.15) is 0 Å². The molecule has 29 heavy (non-hydrogen) atoms. The summed E-state index contributed by atoms with van der Waals surface area (Å²) in [5.74, 6) is 0.299. The van der Waals surface area contributed by atoms with Crippen LogP contribution in [0.2, 0.25) is 0 Å². The molecule has 1 atom stereocenters. The predicted octanol–water partition coefficient (Wildman–Crippen LogP) is 5.06. The van der Waals surface area contributed by atoms with Gasteiger partial charge >= 0.3 is 0 Å². The van der Waals surface area contributed by atoms with Gasteiger partial charge in [-0.3, -0.25) is 4.18 Å². The normalized spacial score (nSPS) is 13.8. The summed E-state index contributed by atoms with van der Waals surface area (Å²) >= 11 is 0. The molecule has 2 rings (SSSR count). The molecule has 0 radical (unpaired) electrons. The fourth-order valence-corrected chi connectivity index (χ4v) is 4.86. The van der Waals surface area contributed by atoms with Gasteiger partial charge in [-0.1, -0.05) is 67.6 Å². The summed E-state index contributed by atoms with van der Waals surface area (Å²) in [5.41, 5.74) is 1.82. The number of rotatable bonds is 11. The van der Waals surface area contributed by atoms with E-state index in [2.05, 4.69) is 53.4 Å². The molecule has 0 aliphatic carbocycles. The molecule has 0 aliphatic rings. The minimum Gasteiger partial charge on any atom is -0.303 e. The summed E-state index contributed by atoms with van der Waals surface area (Å²) < 4.78 is 30.3. The maximum Gasteiger partial charge on any atom is 0.270 e. The lowest BCUT2D eigenvalue weighted by molar-refractivity contribution is 0.0738. The van der Waals surface area contributed by atoms with Gasteiger partial charge in [-0.15, -0.1) is 0 Å². The Balaban J connectivity index is 2.04. The van der Waals surface area contributed by atoms with Gasteiger partial charge in [0.2, 0.25) is 0 Å². The second-order valence-electron chi connectivity index (χ2n) is 8.46. The standard InChI is InChI=1S/C24H35NO3S/c1-6-20(2)29(26,27)28-24(3,4)19-25(5)18-17-23(21-13-9-7-10-14-21)22-15-11-8-12-16-22/h7-16,20,23H,6,17-19H2,1-5H3. The predicted molar refractivity (Wildman–Crippen MR) is 121 cm³/mol. The third kappa shape index (κ3) is 7.25. The largest absolute Gasteiger partial charge is 0.303 e. The molecule has 0 bridgehead atoms. The van der Waals surface area contributed by atoms with Crippen molar-refractivity contribution in [3.8, 4) is 0 Å². The number of likely N-dealkylation sites (N-methyl/N-ethyl adjacent to an activating group) is 1. The zero-order chi connectivity index (χ0) is 21.5. The van der Waals surface area contributed by atoms with Gasteiger partial charge in [-0.2, -0.15) is 8.42 Å². The number of hydrogen-bond donors (Lipinski definition) is 0. The average Bonchev–Trinajstić information content (AvgIpc) is 2.67. The summed E-state index contributed by atoms with van der Waals surface area (Å²) in [4.78, 5) is 2.16. The molecule has 2 aromatic carbocycles. The molecule has 5 heteroatoms. The molecular weight excluding hydrogens is 382 g/mol. The molecule has 0 aromatic heterocycles. The van der Waals surface area contributed by atoms with Crippen LogP contribution in [0.5, 0.6) is 0 Å². The Hall–Kier alpha value is -1.69. The summed E-state index contributed by atoms with van der Waals surface area (Å²) in [7, 11) is -1.54. The lowest BCUT2D eigenvalue weighted by Crippen LogP contribution is -2.42. The van der Waals surface area contributed by atoms with Crippen molar-refractivity contribution >= 4 is 10.1 Å². The fourth-order valence-electron chi connectivity index (χ4n) is 3.60. The highest BCUT2D eigenvalue weighted by molar-refractivity contribution is 7.87. The molecule has 0 saturated carbocycles. The van der Waals surface area contributed by atoms with Gasteiger partial charge in [0, 0.05) is 12.5 Å². The van der Waals surface area contributed by atoms with Crippen LogP contribution in [0.3, 0.4) is 0 Å². The van der Waals surface area contributed by atoms with E-state index in [1.54, 1.807) is 6.92 Å². The highest BCUT2D eigenvalue weighted by Gasteiger charge is 2.31. The van der Waals surface area contributed by atoms with Gasteiger partial charge in [0.15, 0.2) is 0 Å². The van der Waals surface area contributed by atoms with Crippen LogP contribution in [0.25, 0.3) is 0 Å². The first-order valence-corrected chi connectivity index (χ1v) is 11.8. The summed E-state index contributed by atoms with van der Waals surface area (Å²) in [6, 6.07) is 21.1. The highest BCUT2D eigenvalue weighted by atomic mass is 32.2.